The summed E-state index contributed by atoms with van der Waals surface area (Å²) in [7, 11) is 0. The summed E-state index contributed by atoms with van der Waals surface area (Å²) in [6.45, 7) is 8.51. The van der Waals surface area contributed by atoms with Crippen molar-refractivity contribution < 1.29 is 4.52 Å². The van der Waals surface area contributed by atoms with Crippen molar-refractivity contribution in [2.45, 2.75) is 39.7 Å². The summed E-state index contributed by atoms with van der Waals surface area (Å²) in [6, 6.07) is 8.50. The van der Waals surface area contributed by atoms with Gasteiger partial charge in [-0.15, -0.1) is 0 Å². The van der Waals surface area contributed by atoms with Gasteiger partial charge in [-0.1, -0.05) is 50.2 Å². The molecule has 106 valence electrons. The summed E-state index contributed by atoms with van der Waals surface area (Å²) in [5.74, 6) is 2.15. The Kier molecular flexibility index (Phi) is 3.62. The fourth-order valence-electron chi connectivity index (χ4n) is 2.93. The van der Waals surface area contributed by atoms with Gasteiger partial charge in [0.05, 0.1) is 0 Å². The predicted molar refractivity (Wildman–Crippen MR) is 80.6 cm³/mol. The summed E-state index contributed by atoms with van der Waals surface area (Å²) in [5.41, 5.74) is 4.94. The van der Waals surface area contributed by atoms with Crippen LogP contribution >= 0.6 is 0 Å². The molecule has 0 aliphatic heterocycles. The Morgan fingerprint density at radius 3 is 2.95 bits per heavy atom. The number of nitrogens with one attached hydrogen (secondary N) is 1. The highest BCUT2D eigenvalue weighted by atomic mass is 16.5. The van der Waals surface area contributed by atoms with E-state index in [1.807, 2.05) is 0 Å². The SMILES string of the molecule is CC(C)CNCc1noc2c1CC(C)c1ccccc1-2. The van der Waals surface area contributed by atoms with Gasteiger partial charge in [0.15, 0.2) is 5.76 Å². The van der Waals surface area contributed by atoms with Crippen LogP contribution in [0.1, 0.15) is 43.5 Å². The molecule has 20 heavy (non-hydrogen) atoms. The normalized spacial score (nSPS) is 17.1. The minimum absolute atomic E-state index is 0.530. The zero-order valence-corrected chi connectivity index (χ0v) is 12.4. The van der Waals surface area contributed by atoms with Gasteiger partial charge in [-0.25, -0.2) is 0 Å². The van der Waals surface area contributed by atoms with Crippen LogP contribution < -0.4 is 5.32 Å². The third kappa shape index (κ3) is 2.38. The van der Waals surface area contributed by atoms with E-state index in [0.29, 0.717) is 11.8 Å². The van der Waals surface area contributed by atoms with Gasteiger partial charge >= 0.3 is 0 Å². The third-order valence-electron chi connectivity index (χ3n) is 3.96. The van der Waals surface area contributed by atoms with Gasteiger partial charge in [-0.3, -0.25) is 0 Å². The van der Waals surface area contributed by atoms with Crippen molar-refractivity contribution in [3.05, 3.63) is 41.1 Å². The van der Waals surface area contributed by atoms with Crippen LogP contribution in [0.25, 0.3) is 11.3 Å². The van der Waals surface area contributed by atoms with Crippen molar-refractivity contribution in [3.63, 3.8) is 0 Å². The number of nitrogens with zero attached hydrogens (tertiary/aromatic N) is 1. The lowest BCUT2D eigenvalue weighted by Crippen LogP contribution is -2.20. The fraction of sp³-hybridized carbons (Fsp3) is 0.471. The van der Waals surface area contributed by atoms with E-state index in [9.17, 15) is 0 Å². The first-order valence-corrected chi connectivity index (χ1v) is 7.44. The molecule has 0 radical (unpaired) electrons. The Bertz CT molecular complexity index is 601. The topological polar surface area (TPSA) is 38.1 Å². The second-order valence-electron chi connectivity index (χ2n) is 6.15. The average molecular weight is 270 g/mol. The smallest absolute Gasteiger partial charge is 0.170 e. The molecular formula is C17H22N2O. The Morgan fingerprint density at radius 1 is 1.35 bits per heavy atom. The lowest BCUT2D eigenvalue weighted by molar-refractivity contribution is 0.416. The molecule has 2 aromatic rings. The molecule has 3 heteroatoms. The van der Waals surface area contributed by atoms with Crippen molar-refractivity contribution in [2.75, 3.05) is 6.54 Å². The average Bonchev–Trinajstić information content (AvgIpc) is 2.82. The van der Waals surface area contributed by atoms with Gasteiger partial charge in [0.2, 0.25) is 0 Å². The number of hydrogen-bond acceptors (Lipinski definition) is 3. The van der Waals surface area contributed by atoms with Gasteiger partial charge in [-0.05, 0) is 30.4 Å². The zero-order valence-electron chi connectivity index (χ0n) is 12.4. The van der Waals surface area contributed by atoms with Crippen LogP contribution in [0.15, 0.2) is 28.8 Å². The van der Waals surface area contributed by atoms with Crippen molar-refractivity contribution in [3.8, 4) is 11.3 Å². The lowest BCUT2D eigenvalue weighted by Gasteiger charge is -2.21. The molecular weight excluding hydrogens is 248 g/mol. The molecule has 1 aromatic heterocycles. The molecule has 1 N–H and O–H groups in total. The molecule has 0 amide bonds. The van der Waals surface area contributed by atoms with Crippen LogP contribution in [0.2, 0.25) is 0 Å². The Labute approximate surface area is 120 Å². The number of rotatable bonds is 4. The molecule has 0 saturated carbocycles. The number of benzene rings is 1. The van der Waals surface area contributed by atoms with Gasteiger partial charge < -0.3 is 9.84 Å². The Morgan fingerprint density at radius 2 is 2.15 bits per heavy atom. The van der Waals surface area contributed by atoms with Crippen molar-refractivity contribution in [1.82, 2.24) is 10.5 Å². The monoisotopic (exact) mass is 270 g/mol. The fourth-order valence-corrected chi connectivity index (χ4v) is 2.93. The minimum Gasteiger partial charge on any atom is -0.356 e. The summed E-state index contributed by atoms with van der Waals surface area (Å²) < 4.78 is 5.63. The van der Waals surface area contributed by atoms with Gasteiger partial charge in [-0.2, -0.15) is 0 Å². The molecule has 1 aliphatic rings. The maximum absolute atomic E-state index is 5.63. The van der Waals surface area contributed by atoms with Gasteiger partial charge in [0, 0.05) is 17.7 Å². The standard InChI is InChI=1S/C17H22N2O/c1-11(2)9-18-10-16-15-8-12(3)13-6-4-5-7-14(13)17(15)20-19-16/h4-7,11-12,18H,8-10H2,1-3H3. The van der Waals surface area contributed by atoms with Crippen LogP contribution in [-0.2, 0) is 13.0 Å². The van der Waals surface area contributed by atoms with E-state index in [4.69, 9.17) is 4.52 Å². The summed E-state index contributed by atoms with van der Waals surface area (Å²) in [5, 5.41) is 7.74. The molecule has 3 nitrogen and oxygen atoms in total. The number of aromatic nitrogens is 1. The van der Waals surface area contributed by atoms with E-state index in [1.165, 1.54) is 16.7 Å². The van der Waals surface area contributed by atoms with Crippen LogP contribution in [-0.4, -0.2) is 11.7 Å². The highest BCUT2D eigenvalue weighted by Gasteiger charge is 2.27. The van der Waals surface area contributed by atoms with E-state index in [-0.39, 0.29) is 0 Å². The van der Waals surface area contributed by atoms with Gasteiger partial charge in [0.1, 0.15) is 5.69 Å². The number of hydrogen-bond donors (Lipinski definition) is 1. The molecule has 0 spiro atoms. The maximum Gasteiger partial charge on any atom is 0.170 e. The van der Waals surface area contributed by atoms with Crippen LogP contribution in [0, 0.1) is 5.92 Å². The van der Waals surface area contributed by atoms with Crippen LogP contribution in [0.3, 0.4) is 0 Å². The molecule has 1 unspecified atom stereocenters. The van der Waals surface area contributed by atoms with Gasteiger partial charge in [0.25, 0.3) is 0 Å². The van der Waals surface area contributed by atoms with E-state index in [0.717, 1.165) is 31.0 Å². The predicted octanol–water partition coefficient (Wildman–Crippen LogP) is 3.75. The molecule has 1 heterocycles. The third-order valence-corrected chi connectivity index (χ3v) is 3.96. The lowest BCUT2D eigenvalue weighted by atomic mass is 9.82. The molecule has 0 fully saturated rings. The first kappa shape index (κ1) is 13.4. The molecule has 0 bridgehead atoms. The van der Waals surface area contributed by atoms with Crippen LogP contribution in [0.4, 0.5) is 0 Å². The van der Waals surface area contributed by atoms with Crippen molar-refractivity contribution >= 4 is 0 Å². The largest absolute Gasteiger partial charge is 0.356 e. The van der Waals surface area contributed by atoms with Crippen molar-refractivity contribution in [2.24, 2.45) is 5.92 Å². The highest BCUT2D eigenvalue weighted by molar-refractivity contribution is 5.69. The van der Waals surface area contributed by atoms with Crippen LogP contribution in [0.5, 0.6) is 0 Å². The quantitative estimate of drug-likeness (QED) is 0.919. The number of fused-ring (bicyclic) bond motifs is 3. The Balaban J connectivity index is 1.88. The highest BCUT2D eigenvalue weighted by Crippen LogP contribution is 2.40. The maximum atomic E-state index is 5.63. The van der Waals surface area contributed by atoms with E-state index in [1.54, 1.807) is 0 Å². The molecule has 3 rings (SSSR count). The second-order valence-corrected chi connectivity index (χ2v) is 6.15. The van der Waals surface area contributed by atoms with Crippen molar-refractivity contribution in [1.29, 1.82) is 0 Å². The second kappa shape index (κ2) is 5.41. The zero-order chi connectivity index (χ0) is 14.1. The summed E-state index contributed by atoms with van der Waals surface area (Å²) in [6.07, 6.45) is 1.02. The first-order valence-electron chi connectivity index (χ1n) is 7.44. The summed E-state index contributed by atoms with van der Waals surface area (Å²) in [4.78, 5) is 0. The molecule has 0 saturated heterocycles. The minimum atomic E-state index is 0.530. The molecule has 1 atom stereocenters. The molecule has 1 aromatic carbocycles. The van der Waals surface area contributed by atoms with E-state index >= 15 is 0 Å². The molecule has 1 aliphatic carbocycles. The summed E-state index contributed by atoms with van der Waals surface area (Å²) >= 11 is 0. The first-order chi connectivity index (χ1) is 9.66. The van der Waals surface area contributed by atoms with E-state index in [2.05, 4.69) is 55.5 Å². The van der Waals surface area contributed by atoms with E-state index < -0.39 is 0 Å². The Hall–Kier alpha value is -1.61.